The van der Waals surface area contributed by atoms with Gasteiger partial charge in [-0.2, -0.15) is 0 Å². The summed E-state index contributed by atoms with van der Waals surface area (Å²) in [4.78, 5) is 19.5. The van der Waals surface area contributed by atoms with E-state index in [1.54, 1.807) is 0 Å². The fourth-order valence-electron chi connectivity index (χ4n) is 1.87. The first kappa shape index (κ1) is 17.7. The minimum Gasteiger partial charge on any atom is -0.494 e. The van der Waals surface area contributed by atoms with Crippen molar-refractivity contribution in [1.29, 1.82) is 0 Å². The molecule has 0 aliphatic carbocycles. The molecule has 2 rings (SSSR count). The number of anilines is 1. The second-order valence-corrected chi connectivity index (χ2v) is 6.79. The summed E-state index contributed by atoms with van der Waals surface area (Å²) in [6.07, 6.45) is 0.825. The molecule has 0 spiro atoms. The smallest absolute Gasteiger partial charge is 0.249 e. The van der Waals surface area contributed by atoms with Crippen molar-refractivity contribution >= 4 is 21.4 Å². The quantitative estimate of drug-likeness (QED) is 0.635. The van der Waals surface area contributed by atoms with Crippen LogP contribution in [0, 0.1) is 11.6 Å². The van der Waals surface area contributed by atoms with Crippen molar-refractivity contribution in [3.63, 3.8) is 0 Å². The number of hydrogen-bond acceptors (Lipinski definition) is 7. The van der Waals surface area contributed by atoms with E-state index in [1.165, 1.54) is 6.92 Å². The number of halogens is 2. The molecule has 7 nitrogen and oxygen atoms in total. The maximum absolute atomic E-state index is 14.2. The summed E-state index contributed by atoms with van der Waals surface area (Å²) >= 11 is 0. The standard InChI is InChI=1S/C14H13F2N3O4S/c1-3-24(21,22)14-18-6-7(13(17)19-14)12(20)10-8(15)4-5-9(23-2)11(10)16/h4-6H,3H2,1-2H3,(H2,17,18,19). The molecular formula is C14H13F2N3O4S. The van der Waals surface area contributed by atoms with Gasteiger partial charge in [0.15, 0.2) is 11.6 Å². The SMILES string of the molecule is CCS(=O)(=O)c1ncc(C(=O)c2c(F)ccc(OC)c2F)c(N)n1. The zero-order valence-corrected chi connectivity index (χ0v) is 13.5. The molecule has 1 heterocycles. The first-order chi connectivity index (χ1) is 11.2. The molecular weight excluding hydrogens is 344 g/mol. The van der Waals surface area contributed by atoms with Crippen molar-refractivity contribution in [2.24, 2.45) is 0 Å². The highest BCUT2D eigenvalue weighted by Gasteiger charge is 2.26. The Balaban J connectivity index is 2.56. The van der Waals surface area contributed by atoms with E-state index in [0.29, 0.717) is 0 Å². The molecule has 0 saturated carbocycles. The van der Waals surface area contributed by atoms with Gasteiger partial charge in [-0.1, -0.05) is 6.92 Å². The predicted molar refractivity (Wildman–Crippen MR) is 80.5 cm³/mol. The topological polar surface area (TPSA) is 112 Å². The number of methoxy groups -OCH3 is 1. The minimum atomic E-state index is -3.74. The second-order valence-electron chi connectivity index (χ2n) is 4.62. The third kappa shape index (κ3) is 3.04. The van der Waals surface area contributed by atoms with Crippen LogP contribution in [0.15, 0.2) is 23.5 Å². The molecule has 0 fully saturated rings. The third-order valence-corrected chi connectivity index (χ3v) is 4.71. The number of nitrogens with two attached hydrogens (primary N) is 1. The van der Waals surface area contributed by atoms with Gasteiger partial charge >= 0.3 is 0 Å². The van der Waals surface area contributed by atoms with Crippen LogP contribution in [0.25, 0.3) is 0 Å². The number of benzene rings is 1. The number of ketones is 1. The highest BCUT2D eigenvalue weighted by molar-refractivity contribution is 7.91. The van der Waals surface area contributed by atoms with Gasteiger partial charge < -0.3 is 10.5 Å². The van der Waals surface area contributed by atoms with Gasteiger partial charge in [0, 0.05) is 6.20 Å². The van der Waals surface area contributed by atoms with Crippen LogP contribution >= 0.6 is 0 Å². The zero-order chi connectivity index (χ0) is 18.1. The summed E-state index contributed by atoms with van der Waals surface area (Å²) in [6, 6.07) is 1.89. The molecule has 0 bridgehead atoms. The number of carbonyl (C=O) groups excluding carboxylic acids is 1. The Kier molecular flexibility index (Phi) is 4.78. The summed E-state index contributed by atoms with van der Waals surface area (Å²) < 4.78 is 56.1. The number of ether oxygens (including phenoxy) is 1. The largest absolute Gasteiger partial charge is 0.494 e. The van der Waals surface area contributed by atoms with E-state index in [4.69, 9.17) is 10.5 Å². The highest BCUT2D eigenvalue weighted by atomic mass is 32.2. The van der Waals surface area contributed by atoms with Gasteiger partial charge in [0.2, 0.25) is 20.8 Å². The summed E-state index contributed by atoms with van der Waals surface area (Å²) in [5.74, 6) is -4.54. The first-order valence-corrected chi connectivity index (χ1v) is 8.30. The number of sulfone groups is 1. The van der Waals surface area contributed by atoms with E-state index in [-0.39, 0.29) is 11.5 Å². The lowest BCUT2D eigenvalue weighted by atomic mass is 10.0. The summed E-state index contributed by atoms with van der Waals surface area (Å²) in [6.45, 7) is 1.38. The highest BCUT2D eigenvalue weighted by Crippen LogP contribution is 2.26. The van der Waals surface area contributed by atoms with E-state index in [0.717, 1.165) is 25.4 Å². The molecule has 0 amide bonds. The van der Waals surface area contributed by atoms with Gasteiger partial charge in [0.05, 0.1) is 24.0 Å². The van der Waals surface area contributed by atoms with E-state index in [2.05, 4.69) is 9.97 Å². The molecule has 128 valence electrons. The molecule has 0 unspecified atom stereocenters. The van der Waals surface area contributed by atoms with Gasteiger partial charge in [0.1, 0.15) is 11.6 Å². The van der Waals surface area contributed by atoms with Crippen LogP contribution in [-0.2, 0) is 9.84 Å². The Morgan fingerprint density at radius 2 is 2.00 bits per heavy atom. The molecule has 10 heteroatoms. The van der Waals surface area contributed by atoms with E-state index >= 15 is 0 Å². The Morgan fingerprint density at radius 1 is 1.33 bits per heavy atom. The minimum absolute atomic E-state index is 0.265. The molecule has 24 heavy (non-hydrogen) atoms. The van der Waals surface area contributed by atoms with Crippen LogP contribution in [0.2, 0.25) is 0 Å². The lowest BCUT2D eigenvalue weighted by Crippen LogP contribution is -2.16. The molecule has 2 aromatic rings. The fourth-order valence-corrected chi connectivity index (χ4v) is 2.57. The van der Waals surface area contributed by atoms with Crippen molar-refractivity contribution in [1.82, 2.24) is 9.97 Å². The molecule has 0 aliphatic rings. The molecule has 2 N–H and O–H groups in total. The van der Waals surface area contributed by atoms with Gasteiger partial charge in [-0.15, -0.1) is 0 Å². The van der Waals surface area contributed by atoms with Crippen LogP contribution in [0.1, 0.15) is 22.8 Å². The maximum atomic E-state index is 14.2. The van der Waals surface area contributed by atoms with Crippen LogP contribution in [0.3, 0.4) is 0 Å². The summed E-state index contributed by atoms with van der Waals surface area (Å²) in [5, 5.41) is -0.564. The maximum Gasteiger partial charge on any atom is 0.249 e. The van der Waals surface area contributed by atoms with E-state index in [9.17, 15) is 22.0 Å². The number of rotatable bonds is 5. The average Bonchev–Trinajstić information content (AvgIpc) is 2.54. The van der Waals surface area contributed by atoms with Crippen LogP contribution in [0.4, 0.5) is 14.6 Å². The monoisotopic (exact) mass is 357 g/mol. The van der Waals surface area contributed by atoms with Gasteiger partial charge in [-0.3, -0.25) is 4.79 Å². The Labute approximate surface area is 136 Å². The van der Waals surface area contributed by atoms with Gasteiger partial charge in [0.25, 0.3) is 0 Å². The van der Waals surface area contributed by atoms with Crippen LogP contribution in [-0.4, -0.2) is 37.0 Å². The normalized spacial score (nSPS) is 11.3. The van der Waals surface area contributed by atoms with Gasteiger partial charge in [-0.05, 0) is 12.1 Å². The van der Waals surface area contributed by atoms with Crippen molar-refractivity contribution in [2.75, 3.05) is 18.6 Å². The molecule has 0 aliphatic heterocycles. The summed E-state index contributed by atoms with van der Waals surface area (Å²) in [5.41, 5.74) is 4.26. The molecule has 1 aromatic carbocycles. The third-order valence-electron chi connectivity index (χ3n) is 3.20. The Hall–Kier alpha value is -2.62. The zero-order valence-electron chi connectivity index (χ0n) is 12.7. The predicted octanol–water partition coefficient (Wildman–Crippen LogP) is 1.37. The molecule has 0 atom stereocenters. The number of nitrogens with zero attached hydrogens (tertiary/aromatic N) is 2. The number of nitrogen functional groups attached to an aromatic ring is 1. The number of hydrogen-bond donors (Lipinski definition) is 1. The van der Waals surface area contributed by atoms with Crippen molar-refractivity contribution in [2.45, 2.75) is 12.1 Å². The van der Waals surface area contributed by atoms with E-state index < -0.39 is 49.4 Å². The van der Waals surface area contributed by atoms with E-state index in [1.807, 2.05) is 0 Å². The van der Waals surface area contributed by atoms with Gasteiger partial charge in [-0.25, -0.2) is 27.2 Å². The molecule has 1 aromatic heterocycles. The van der Waals surface area contributed by atoms with Crippen molar-refractivity contribution in [3.05, 3.63) is 41.1 Å². The van der Waals surface area contributed by atoms with Crippen molar-refractivity contribution in [3.8, 4) is 5.75 Å². The Morgan fingerprint density at radius 3 is 2.54 bits per heavy atom. The van der Waals surface area contributed by atoms with Crippen LogP contribution in [0.5, 0.6) is 5.75 Å². The lowest BCUT2D eigenvalue weighted by Gasteiger charge is -2.09. The number of carbonyl (C=O) groups is 1. The lowest BCUT2D eigenvalue weighted by molar-refractivity contribution is 0.103. The Bertz CT molecular complexity index is 916. The fraction of sp³-hybridized carbons (Fsp3) is 0.214. The second kappa shape index (κ2) is 6.48. The van der Waals surface area contributed by atoms with Crippen molar-refractivity contribution < 1.29 is 26.7 Å². The average molecular weight is 357 g/mol. The molecule has 0 radical (unpaired) electrons. The molecule has 0 saturated heterocycles. The number of aromatic nitrogens is 2. The first-order valence-electron chi connectivity index (χ1n) is 6.64. The summed E-state index contributed by atoms with van der Waals surface area (Å²) in [7, 11) is -2.58. The van der Waals surface area contributed by atoms with Crippen LogP contribution < -0.4 is 10.5 Å².